The van der Waals surface area contributed by atoms with Gasteiger partial charge in [-0.15, -0.1) is 11.3 Å². The summed E-state index contributed by atoms with van der Waals surface area (Å²) >= 11 is 1.37. The lowest BCUT2D eigenvalue weighted by Gasteiger charge is -2.25. The second-order valence-electron chi connectivity index (χ2n) is 8.08. The van der Waals surface area contributed by atoms with Crippen LogP contribution in [0, 0.1) is 6.92 Å². The van der Waals surface area contributed by atoms with Crippen LogP contribution < -0.4 is 5.32 Å². The number of benzene rings is 2. The quantitative estimate of drug-likeness (QED) is 0.403. The molecular weight excluding hydrogens is 432 g/mol. The summed E-state index contributed by atoms with van der Waals surface area (Å²) in [4.78, 5) is 32.8. The molecule has 0 bridgehead atoms. The average molecular weight is 459 g/mol. The van der Waals surface area contributed by atoms with Crippen molar-refractivity contribution in [3.05, 3.63) is 88.7 Å². The van der Waals surface area contributed by atoms with E-state index in [4.69, 9.17) is 4.98 Å². The second kappa shape index (κ2) is 9.83. The maximum absolute atomic E-state index is 13.0. The van der Waals surface area contributed by atoms with Crippen LogP contribution >= 0.6 is 11.3 Å². The molecule has 7 heteroatoms. The molecule has 0 spiro atoms. The summed E-state index contributed by atoms with van der Waals surface area (Å²) in [6.45, 7) is 5.77. The fourth-order valence-corrected chi connectivity index (χ4v) is 4.22. The van der Waals surface area contributed by atoms with Crippen molar-refractivity contribution in [1.82, 2.24) is 14.5 Å². The molecule has 2 heterocycles. The van der Waals surface area contributed by atoms with Crippen LogP contribution in [0.25, 0.3) is 16.9 Å². The Kier molecular flexibility index (Phi) is 6.70. The number of carbonyl (C=O) groups is 2. The Hall–Kier alpha value is -3.71. The average Bonchev–Trinajstić information content (AvgIpc) is 3.48. The number of carbonyl (C=O) groups excluding carboxylic acids is 2. The van der Waals surface area contributed by atoms with Gasteiger partial charge in [-0.05, 0) is 49.9 Å². The van der Waals surface area contributed by atoms with Crippen molar-refractivity contribution >= 4 is 29.1 Å². The van der Waals surface area contributed by atoms with Gasteiger partial charge >= 0.3 is 0 Å². The van der Waals surface area contributed by atoms with Crippen LogP contribution in [-0.4, -0.2) is 38.9 Å². The Morgan fingerprint density at radius 1 is 1.06 bits per heavy atom. The van der Waals surface area contributed by atoms with E-state index in [2.05, 4.69) is 5.32 Å². The molecule has 0 aliphatic heterocycles. The summed E-state index contributed by atoms with van der Waals surface area (Å²) < 4.78 is 1.87. The molecular formula is C26H26N4O2S. The molecule has 6 nitrogen and oxygen atoms in total. The van der Waals surface area contributed by atoms with Crippen LogP contribution in [0.2, 0.25) is 0 Å². The molecule has 0 atom stereocenters. The monoisotopic (exact) mass is 458 g/mol. The second-order valence-corrected chi connectivity index (χ2v) is 9.02. The first-order valence-corrected chi connectivity index (χ1v) is 11.7. The number of thiophene rings is 1. The van der Waals surface area contributed by atoms with E-state index in [-0.39, 0.29) is 24.4 Å². The van der Waals surface area contributed by atoms with Crippen molar-refractivity contribution < 1.29 is 9.59 Å². The smallest absolute Gasteiger partial charge is 0.264 e. The number of amides is 2. The van der Waals surface area contributed by atoms with E-state index in [1.165, 1.54) is 11.3 Å². The SMILES string of the molecule is Cc1cccc(-n2cc(-c3ccccc3)nc2NC(=O)CN(C(=O)c2cccs2)C(C)C)c1. The number of hydrogen-bond acceptors (Lipinski definition) is 4. The highest BCUT2D eigenvalue weighted by Gasteiger charge is 2.23. The number of nitrogens with one attached hydrogen (secondary N) is 1. The van der Waals surface area contributed by atoms with Gasteiger partial charge in [0.25, 0.3) is 5.91 Å². The van der Waals surface area contributed by atoms with E-state index in [0.29, 0.717) is 10.8 Å². The van der Waals surface area contributed by atoms with E-state index in [0.717, 1.165) is 22.5 Å². The molecule has 4 aromatic rings. The van der Waals surface area contributed by atoms with Crippen molar-refractivity contribution in [1.29, 1.82) is 0 Å². The van der Waals surface area contributed by atoms with Crippen LogP contribution in [0.4, 0.5) is 5.95 Å². The zero-order valence-electron chi connectivity index (χ0n) is 18.9. The third-order valence-electron chi connectivity index (χ3n) is 5.24. The maximum Gasteiger partial charge on any atom is 0.264 e. The summed E-state index contributed by atoms with van der Waals surface area (Å²) in [5.41, 5.74) is 3.71. The minimum atomic E-state index is -0.298. The Morgan fingerprint density at radius 3 is 2.52 bits per heavy atom. The highest BCUT2D eigenvalue weighted by Crippen LogP contribution is 2.25. The Bertz CT molecular complexity index is 1250. The number of aryl methyl sites for hydroxylation is 1. The summed E-state index contributed by atoms with van der Waals surface area (Å²) in [6.07, 6.45) is 1.91. The first kappa shape index (κ1) is 22.5. The summed E-state index contributed by atoms with van der Waals surface area (Å²) in [5.74, 6) is -0.0356. The van der Waals surface area contributed by atoms with Gasteiger partial charge in [-0.25, -0.2) is 4.98 Å². The van der Waals surface area contributed by atoms with E-state index in [1.54, 1.807) is 11.0 Å². The molecule has 0 unspecified atom stereocenters. The molecule has 0 fully saturated rings. The van der Waals surface area contributed by atoms with Crippen molar-refractivity contribution in [2.24, 2.45) is 0 Å². The zero-order valence-corrected chi connectivity index (χ0v) is 19.7. The van der Waals surface area contributed by atoms with Gasteiger partial charge < -0.3 is 4.90 Å². The normalized spacial score (nSPS) is 10.9. The molecule has 1 N–H and O–H groups in total. The summed E-state index contributed by atoms with van der Waals surface area (Å²) in [6, 6.07) is 21.3. The summed E-state index contributed by atoms with van der Waals surface area (Å²) in [7, 11) is 0. The molecule has 0 radical (unpaired) electrons. The Balaban J connectivity index is 1.62. The predicted molar refractivity (Wildman–Crippen MR) is 133 cm³/mol. The van der Waals surface area contributed by atoms with Gasteiger partial charge in [-0.2, -0.15) is 0 Å². The first-order chi connectivity index (χ1) is 15.9. The van der Waals surface area contributed by atoms with Crippen molar-refractivity contribution in [2.75, 3.05) is 11.9 Å². The lowest BCUT2D eigenvalue weighted by atomic mass is 10.2. The van der Waals surface area contributed by atoms with E-state index in [1.807, 2.05) is 97.6 Å². The van der Waals surface area contributed by atoms with Crippen molar-refractivity contribution in [2.45, 2.75) is 26.8 Å². The lowest BCUT2D eigenvalue weighted by Crippen LogP contribution is -2.42. The lowest BCUT2D eigenvalue weighted by molar-refractivity contribution is -0.117. The van der Waals surface area contributed by atoms with E-state index >= 15 is 0 Å². The number of hydrogen-bond donors (Lipinski definition) is 1. The minimum absolute atomic E-state index is 0.0598. The molecule has 0 aliphatic carbocycles. The van der Waals surface area contributed by atoms with Gasteiger partial charge in [-0.1, -0.05) is 48.5 Å². The predicted octanol–water partition coefficient (Wildman–Crippen LogP) is 5.40. The Labute approximate surface area is 197 Å². The number of nitrogens with zero attached hydrogens (tertiary/aromatic N) is 3. The fourth-order valence-electron chi connectivity index (χ4n) is 3.54. The van der Waals surface area contributed by atoms with Crippen molar-refractivity contribution in [3.8, 4) is 16.9 Å². The topological polar surface area (TPSA) is 67.2 Å². The number of rotatable bonds is 7. The zero-order chi connectivity index (χ0) is 23.4. The van der Waals surface area contributed by atoms with Gasteiger partial charge in [0.2, 0.25) is 11.9 Å². The van der Waals surface area contributed by atoms with Crippen LogP contribution in [0.1, 0.15) is 29.1 Å². The van der Waals surface area contributed by atoms with Crippen LogP contribution in [0.15, 0.2) is 78.3 Å². The van der Waals surface area contributed by atoms with Gasteiger partial charge in [-0.3, -0.25) is 19.5 Å². The minimum Gasteiger partial charge on any atom is -0.326 e. The van der Waals surface area contributed by atoms with Crippen LogP contribution in [0.3, 0.4) is 0 Å². The Morgan fingerprint density at radius 2 is 1.85 bits per heavy atom. The maximum atomic E-state index is 13.0. The highest BCUT2D eigenvalue weighted by atomic mass is 32.1. The molecule has 168 valence electrons. The van der Waals surface area contributed by atoms with E-state index in [9.17, 15) is 9.59 Å². The largest absolute Gasteiger partial charge is 0.326 e. The molecule has 2 amide bonds. The molecule has 0 saturated carbocycles. The van der Waals surface area contributed by atoms with Crippen molar-refractivity contribution in [3.63, 3.8) is 0 Å². The third kappa shape index (κ3) is 5.21. The van der Waals surface area contributed by atoms with Gasteiger partial charge in [0.1, 0.15) is 6.54 Å². The molecule has 0 aliphatic rings. The van der Waals surface area contributed by atoms with Gasteiger partial charge in [0, 0.05) is 23.5 Å². The summed E-state index contributed by atoms with van der Waals surface area (Å²) in [5, 5.41) is 4.78. The highest BCUT2D eigenvalue weighted by molar-refractivity contribution is 7.12. The third-order valence-corrected chi connectivity index (χ3v) is 6.09. The standard InChI is InChI=1S/C26H26N4O2S/c1-18(2)29(25(32)23-13-8-14-33-23)17-24(31)28-26-27-22(20-10-5-4-6-11-20)16-30(26)21-12-7-9-19(3)15-21/h4-16,18H,17H2,1-3H3,(H,27,28,31). The van der Waals surface area contributed by atoms with Crippen LogP contribution in [0.5, 0.6) is 0 Å². The first-order valence-electron chi connectivity index (χ1n) is 10.8. The number of imidazole rings is 1. The van der Waals surface area contributed by atoms with E-state index < -0.39 is 0 Å². The molecule has 2 aromatic heterocycles. The van der Waals surface area contributed by atoms with Gasteiger partial charge in [0.05, 0.1) is 10.6 Å². The molecule has 4 rings (SSSR count). The van der Waals surface area contributed by atoms with Crippen LogP contribution in [-0.2, 0) is 4.79 Å². The molecule has 2 aromatic carbocycles. The fraction of sp³-hybridized carbons (Fsp3) is 0.192. The number of aromatic nitrogens is 2. The van der Waals surface area contributed by atoms with Gasteiger partial charge in [0.15, 0.2) is 0 Å². The molecule has 33 heavy (non-hydrogen) atoms. The molecule has 0 saturated heterocycles. The number of anilines is 1.